The molecule has 0 saturated carbocycles. The molecule has 1 heterocycles. The molecular formula is C22H24N4O2S. The van der Waals surface area contributed by atoms with Crippen LogP contribution in [-0.2, 0) is 6.54 Å². The summed E-state index contributed by atoms with van der Waals surface area (Å²) in [7, 11) is 1.68. The molecule has 0 atom stereocenters. The second kappa shape index (κ2) is 8.96. The molecule has 0 bridgehead atoms. The topological polar surface area (TPSA) is 68.4 Å². The predicted molar refractivity (Wildman–Crippen MR) is 120 cm³/mol. The fourth-order valence-electron chi connectivity index (χ4n) is 3.10. The molecule has 150 valence electrons. The molecule has 0 amide bonds. The Hall–Kier alpha value is -3.06. The Kier molecular flexibility index (Phi) is 6.39. The maximum Gasteiger partial charge on any atom is 0.336 e. The molecule has 0 aliphatic heterocycles. The monoisotopic (exact) mass is 408 g/mol. The van der Waals surface area contributed by atoms with E-state index >= 15 is 0 Å². The van der Waals surface area contributed by atoms with E-state index < -0.39 is 5.69 Å². The van der Waals surface area contributed by atoms with Gasteiger partial charge in [0.1, 0.15) is 0 Å². The van der Waals surface area contributed by atoms with E-state index in [1.807, 2.05) is 61.7 Å². The first-order valence-electron chi connectivity index (χ1n) is 9.23. The minimum atomic E-state index is -0.393. The summed E-state index contributed by atoms with van der Waals surface area (Å²) in [6.45, 7) is 3.89. The minimum Gasteiger partial charge on any atom is -0.313 e. The zero-order chi connectivity index (χ0) is 21.0. The molecule has 7 heteroatoms. The molecule has 0 aliphatic rings. The Morgan fingerprint density at radius 1 is 1.07 bits per heavy atom. The number of nitrogens with zero attached hydrogens (tertiary/aromatic N) is 3. The SMILES string of the molecule is CN/N=C(\C)Cn1c(=O)cc(-c2ccc(C)cc2)n(-c2ccc(SC)cc2)c1=O. The highest BCUT2D eigenvalue weighted by molar-refractivity contribution is 7.98. The lowest BCUT2D eigenvalue weighted by molar-refractivity contribution is 0.694. The Morgan fingerprint density at radius 2 is 1.72 bits per heavy atom. The van der Waals surface area contributed by atoms with Crippen molar-refractivity contribution in [2.75, 3.05) is 13.3 Å². The third kappa shape index (κ3) is 4.51. The van der Waals surface area contributed by atoms with Gasteiger partial charge >= 0.3 is 5.69 Å². The minimum absolute atomic E-state index is 0.121. The van der Waals surface area contributed by atoms with Gasteiger partial charge < -0.3 is 5.43 Å². The van der Waals surface area contributed by atoms with E-state index in [4.69, 9.17) is 0 Å². The average molecular weight is 409 g/mol. The number of hydrazone groups is 1. The molecule has 6 nitrogen and oxygen atoms in total. The first-order valence-corrected chi connectivity index (χ1v) is 10.5. The van der Waals surface area contributed by atoms with Crippen LogP contribution in [0.25, 0.3) is 16.9 Å². The molecule has 0 unspecified atom stereocenters. The van der Waals surface area contributed by atoms with Crippen LogP contribution in [0.1, 0.15) is 12.5 Å². The van der Waals surface area contributed by atoms with Crippen molar-refractivity contribution in [1.29, 1.82) is 0 Å². The van der Waals surface area contributed by atoms with Gasteiger partial charge in [0.25, 0.3) is 5.56 Å². The molecule has 2 aromatic carbocycles. The summed E-state index contributed by atoms with van der Waals surface area (Å²) in [6, 6.07) is 17.0. The van der Waals surface area contributed by atoms with Crippen molar-refractivity contribution in [2.24, 2.45) is 5.10 Å². The van der Waals surface area contributed by atoms with Crippen LogP contribution in [0.4, 0.5) is 0 Å². The van der Waals surface area contributed by atoms with Gasteiger partial charge in [0, 0.05) is 18.0 Å². The van der Waals surface area contributed by atoms with Gasteiger partial charge in [-0.2, -0.15) is 5.10 Å². The standard InChI is InChI=1S/C22H24N4O2S/c1-15-5-7-17(8-6-15)20-13-21(27)25(14-16(2)24-23-3)22(28)26(20)18-9-11-19(29-4)12-10-18/h5-13,23H,14H2,1-4H3/b24-16+. The van der Waals surface area contributed by atoms with E-state index in [9.17, 15) is 9.59 Å². The number of aryl methyl sites for hydroxylation is 1. The zero-order valence-corrected chi connectivity index (χ0v) is 17.8. The molecule has 0 saturated heterocycles. The average Bonchev–Trinajstić information content (AvgIpc) is 2.72. The number of aromatic nitrogens is 2. The van der Waals surface area contributed by atoms with Crippen LogP contribution >= 0.6 is 11.8 Å². The maximum atomic E-state index is 13.4. The van der Waals surface area contributed by atoms with Crippen molar-refractivity contribution in [2.45, 2.75) is 25.3 Å². The van der Waals surface area contributed by atoms with Crippen LogP contribution < -0.4 is 16.7 Å². The highest BCUT2D eigenvalue weighted by Gasteiger charge is 2.15. The van der Waals surface area contributed by atoms with Gasteiger partial charge in [0.2, 0.25) is 0 Å². The quantitative estimate of drug-likeness (QED) is 0.386. The Bertz CT molecular complexity index is 1140. The fraction of sp³-hybridized carbons (Fsp3) is 0.227. The van der Waals surface area contributed by atoms with E-state index in [0.29, 0.717) is 17.1 Å². The zero-order valence-electron chi connectivity index (χ0n) is 17.0. The van der Waals surface area contributed by atoms with Gasteiger partial charge in [-0.3, -0.25) is 13.9 Å². The first kappa shape index (κ1) is 20.7. The summed E-state index contributed by atoms with van der Waals surface area (Å²) in [5.74, 6) is 0. The number of nitrogens with one attached hydrogen (secondary N) is 1. The van der Waals surface area contributed by atoms with Crippen LogP contribution in [0.15, 0.2) is 74.2 Å². The summed E-state index contributed by atoms with van der Waals surface area (Å²) in [4.78, 5) is 27.3. The third-order valence-corrected chi connectivity index (χ3v) is 5.30. The molecule has 1 aromatic heterocycles. The van der Waals surface area contributed by atoms with Crippen molar-refractivity contribution in [3.63, 3.8) is 0 Å². The van der Waals surface area contributed by atoms with Gasteiger partial charge in [0.05, 0.1) is 23.6 Å². The predicted octanol–water partition coefficient (Wildman–Crippen LogP) is 3.29. The summed E-state index contributed by atoms with van der Waals surface area (Å²) >= 11 is 1.63. The third-order valence-electron chi connectivity index (χ3n) is 4.56. The van der Waals surface area contributed by atoms with Crippen LogP contribution in [0.3, 0.4) is 0 Å². The molecular weight excluding hydrogens is 384 g/mol. The van der Waals surface area contributed by atoms with Crippen molar-refractivity contribution >= 4 is 17.5 Å². The summed E-state index contributed by atoms with van der Waals surface area (Å²) in [5, 5.41) is 4.07. The van der Waals surface area contributed by atoms with Gasteiger partial charge in [-0.1, -0.05) is 29.8 Å². The van der Waals surface area contributed by atoms with Crippen molar-refractivity contribution in [3.05, 3.63) is 81.0 Å². The van der Waals surface area contributed by atoms with Crippen molar-refractivity contribution < 1.29 is 0 Å². The Balaban J connectivity index is 2.27. The highest BCUT2D eigenvalue weighted by atomic mass is 32.2. The second-order valence-corrected chi connectivity index (χ2v) is 7.59. The summed E-state index contributed by atoms with van der Waals surface area (Å²) in [6.07, 6.45) is 2.00. The van der Waals surface area contributed by atoms with Gasteiger partial charge in [-0.05, 0) is 49.9 Å². The van der Waals surface area contributed by atoms with E-state index in [1.54, 1.807) is 30.3 Å². The molecule has 3 aromatic rings. The van der Waals surface area contributed by atoms with Gasteiger partial charge in [-0.15, -0.1) is 11.8 Å². The lowest BCUT2D eigenvalue weighted by Gasteiger charge is -2.16. The Labute approximate surface area is 173 Å². The Morgan fingerprint density at radius 3 is 2.31 bits per heavy atom. The lowest BCUT2D eigenvalue weighted by Crippen LogP contribution is -2.41. The number of hydrogen-bond donors (Lipinski definition) is 1. The van der Waals surface area contributed by atoms with Crippen LogP contribution in [-0.4, -0.2) is 28.1 Å². The van der Waals surface area contributed by atoms with Gasteiger partial charge in [-0.25, -0.2) is 4.79 Å². The van der Waals surface area contributed by atoms with Crippen LogP contribution in [0.5, 0.6) is 0 Å². The van der Waals surface area contributed by atoms with Crippen LogP contribution in [0, 0.1) is 6.92 Å². The number of benzene rings is 2. The molecule has 0 spiro atoms. The van der Waals surface area contributed by atoms with Gasteiger partial charge in [0.15, 0.2) is 0 Å². The fourth-order valence-corrected chi connectivity index (χ4v) is 3.50. The highest BCUT2D eigenvalue weighted by Crippen LogP contribution is 2.22. The summed E-state index contributed by atoms with van der Waals surface area (Å²) < 4.78 is 2.79. The second-order valence-electron chi connectivity index (χ2n) is 6.71. The number of thioether (sulfide) groups is 1. The number of hydrogen-bond acceptors (Lipinski definition) is 5. The van der Waals surface area contributed by atoms with Crippen molar-refractivity contribution in [1.82, 2.24) is 14.6 Å². The van der Waals surface area contributed by atoms with E-state index in [2.05, 4.69) is 10.5 Å². The smallest absolute Gasteiger partial charge is 0.313 e. The normalized spacial score (nSPS) is 11.5. The van der Waals surface area contributed by atoms with Crippen molar-refractivity contribution in [3.8, 4) is 16.9 Å². The molecule has 0 radical (unpaired) electrons. The lowest BCUT2D eigenvalue weighted by atomic mass is 10.1. The molecule has 1 N–H and O–H groups in total. The number of rotatable bonds is 6. The maximum absolute atomic E-state index is 13.4. The van der Waals surface area contributed by atoms with E-state index in [1.165, 1.54) is 10.6 Å². The van der Waals surface area contributed by atoms with Crippen LogP contribution in [0.2, 0.25) is 0 Å². The largest absolute Gasteiger partial charge is 0.336 e. The molecule has 0 aliphatic carbocycles. The molecule has 29 heavy (non-hydrogen) atoms. The molecule has 0 fully saturated rings. The van der Waals surface area contributed by atoms with E-state index in [-0.39, 0.29) is 12.1 Å². The summed E-state index contributed by atoms with van der Waals surface area (Å²) in [5.41, 5.74) is 5.78. The first-order chi connectivity index (χ1) is 13.9. The van der Waals surface area contributed by atoms with E-state index in [0.717, 1.165) is 16.0 Å². The molecule has 3 rings (SSSR count).